The van der Waals surface area contributed by atoms with E-state index in [2.05, 4.69) is 23.6 Å². The van der Waals surface area contributed by atoms with Gasteiger partial charge in [0.25, 0.3) is 0 Å². The Hall–Kier alpha value is -0.120. The van der Waals surface area contributed by atoms with E-state index in [-0.39, 0.29) is 5.54 Å². The maximum Gasteiger partial charge on any atom is 0.0166 e. The molecule has 100 valence electrons. The summed E-state index contributed by atoms with van der Waals surface area (Å²) in [6, 6.07) is 0. The van der Waals surface area contributed by atoms with Crippen molar-refractivity contribution in [2.75, 3.05) is 39.3 Å². The van der Waals surface area contributed by atoms with Crippen LogP contribution in [0.5, 0.6) is 0 Å². The smallest absolute Gasteiger partial charge is 0.0166 e. The minimum absolute atomic E-state index is 0.203. The van der Waals surface area contributed by atoms with E-state index in [9.17, 15) is 0 Å². The molecule has 0 unspecified atom stereocenters. The molecule has 1 saturated carbocycles. The molecule has 0 bridgehead atoms. The summed E-state index contributed by atoms with van der Waals surface area (Å²) >= 11 is 0. The van der Waals surface area contributed by atoms with Gasteiger partial charge < -0.3 is 15.5 Å². The third-order valence-corrected chi connectivity index (χ3v) is 4.36. The molecular formula is C14H29N3. The van der Waals surface area contributed by atoms with E-state index in [1.54, 1.807) is 0 Å². The molecule has 3 nitrogen and oxygen atoms in total. The predicted molar refractivity (Wildman–Crippen MR) is 73.1 cm³/mol. The van der Waals surface area contributed by atoms with Crippen molar-refractivity contribution < 1.29 is 0 Å². The summed E-state index contributed by atoms with van der Waals surface area (Å²) in [7, 11) is 0. The summed E-state index contributed by atoms with van der Waals surface area (Å²) in [6.45, 7) is 12.1. The average Bonchev–Trinajstić information content (AvgIpc) is 2.25. The largest absolute Gasteiger partial charge is 0.325 e. The van der Waals surface area contributed by atoms with Crippen LogP contribution in [-0.4, -0.2) is 54.6 Å². The van der Waals surface area contributed by atoms with E-state index in [1.165, 1.54) is 65.0 Å². The minimum Gasteiger partial charge on any atom is -0.325 e. The molecule has 0 atom stereocenters. The van der Waals surface area contributed by atoms with E-state index in [1.807, 2.05) is 0 Å². The van der Waals surface area contributed by atoms with Gasteiger partial charge in [0.15, 0.2) is 0 Å². The van der Waals surface area contributed by atoms with Crippen molar-refractivity contribution in [1.29, 1.82) is 0 Å². The molecule has 2 fully saturated rings. The highest BCUT2D eigenvalue weighted by Gasteiger charge is 2.32. The Morgan fingerprint density at radius 1 is 1.06 bits per heavy atom. The highest BCUT2D eigenvalue weighted by atomic mass is 15.3. The Bertz CT molecular complexity index is 228. The van der Waals surface area contributed by atoms with Crippen LogP contribution >= 0.6 is 0 Å². The highest BCUT2D eigenvalue weighted by molar-refractivity contribution is 4.93. The Morgan fingerprint density at radius 3 is 2.12 bits per heavy atom. The molecule has 0 aromatic carbocycles. The van der Waals surface area contributed by atoms with Gasteiger partial charge in [0.05, 0.1) is 0 Å². The van der Waals surface area contributed by atoms with Gasteiger partial charge in [-0.05, 0) is 38.1 Å². The molecule has 0 radical (unpaired) electrons. The summed E-state index contributed by atoms with van der Waals surface area (Å²) in [5.41, 5.74) is 6.48. The van der Waals surface area contributed by atoms with Crippen molar-refractivity contribution >= 4 is 0 Å². The van der Waals surface area contributed by atoms with Crippen LogP contribution < -0.4 is 5.73 Å². The second kappa shape index (κ2) is 5.68. The van der Waals surface area contributed by atoms with Gasteiger partial charge >= 0.3 is 0 Å². The maximum absolute atomic E-state index is 6.28. The van der Waals surface area contributed by atoms with Gasteiger partial charge in [0, 0.05) is 38.3 Å². The first-order chi connectivity index (χ1) is 8.07. The van der Waals surface area contributed by atoms with Crippen LogP contribution in [0.1, 0.15) is 39.5 Å². The van der Waals surface area contributed by atoms with E-state index < -0.39 is 0 Å². The summed E-state index contributed by atoms with van der Waals surface area (Å²) in [5, 5.41) is 0. The van der Waals surface area contributed by atoms with Crippen LogP contribution in [0.4, 0.5) is 0 Å². The van der Waals surface area contributed by atoms with Crippen molar-refractivity contribution in [3.05, 3.63) is 0 Å². The van der Waals surface area contributed by atoms with Gasteiger partial charge in [-0.3, -0.25) is 0 Å². The second-order valence-electron chi connectivity index (χ2n) is 6.50. The van der Waals surface area contributed by atoms with E-state index in [4.69, 9.17) is 5.73 Å². The fourth-order valence-electron chi connectivity index (χ4n) is 2.97. The summed E-state index contributed by atoms with van der Waals surface area (Å²) in [5.74, 6) is 0.795. The molecule has 3 heteroatoms. The second-order valence-corrected chi connectivity index (χ2v) is 6.50. The summed E-state index contributed by atoms with van der Waals surface area (Å²) in [6.07, 6.45) is 5.05. The quantitative estimate of drug-likeness (QED) is 0.790. The monoisotopic (exact) mass is 239 g/mol. The molecule has 1 saturated heterocycles. The third kappa shape index (κ3) is 3.94. The first-order valence-corrected chi connectivity index (χ1v) is 7.31. The van der Waals surface area contributed by atoms with Crippen LogP contribution in [0.3, 0.4) is 0 Å². The van der Waals surface area contributed by atoms with Crippen molar-refractivity contribution in [2.45, 2.75) is 45.1 Å². The maximum atomic E-state index is 6.28. The molecule has 2 rings (SSSR count). The van der Waals surface area contributed by atoms with Crippen molar-refractivity contribution in [3.63, 3.8) is 0 Å². The Kier molecular flexibility index (Phi) is 4.45. The van der Waals surface area contributed by atoms with Gasteiger partial charge in [-0.2, -0.15) is 0 Å². The number of hydrogen-bond acceptors (Lipinski definition) is 3. The number of nitrogens with zero attached hydrogens (tertiary/aromatic N) is 2. The number of rotatable bonds is 5. The Balaban J connectivity index is 1.62. The zero-order chi connectivity index (χ0) is 12.3. The van der Waals surface area contributed by atoms with Crippen LogP contribution in [-0.2, 0) is 0 Å². The zero-order valence-electron chi connectivity index (χ0n) is 11.6. The third-order valence-electron chi connectivity index (χ3n) is 4.36. The van der Waals surface area contributed by atoms with Gasteiger partial charge in [0.1, 0.15) is 0 Å². The van der Waals surface area contributed by atoms with Gasteiger partial charge in [0.2, 0.25) is 0 Å². The van der Waals surface area contributed by atoms with Crippen LogP contribution in [0.15, 0.2) is 0 Å². The molecule has 1 heterocycles. The zero-order valence-corrected chi connectivity index (χ0v) is 11.6. The van der Waals surface area contributed by atoms with Crippen LogP contribution in [0, 0.1) is 5.92 Å². The van der Waals surface area contributed by atoms with Gasteiger partial charge in [-0.15, -0.1) is 0 Å². The Labute approximate surface area is 106 Å². The molecule has 0 spiro atoms. The van der Waals surface area contributed by atoms with Gasteiger partial charge in [-0.25, -0.2) is 0 Å². The van der Waals surface area contributed by atoms with Crippen LogP contribution in [0.25, 0.3) is 0 Å². The molecule has 0 aromatic heterocycles. The number of hydrogen-bond donors (Lipinski definition) is 1. The molecule has 17 heavy (non-hydrogen) atoms. The fraction of sp³-hybridized carbons (Fsp3) is 1.00. The Morgan fingerprint density at radius 2 is 1.65 bits per heavy atom. The normalized spacial score (nSPS) is 26.1. The average molecular weight is 239 g/mol. The lowest BCUT2D eigenvalue weighted by molar-refractivity contribution is 0.106. The molecule has 2 N–H and O–H groups in total. The van der Waals surface area contributed by atoms with E-state index in [0.717, 1.165) is 5.92 Å². The SMILES string of the molecule is CC(C)CN1CCN(CCC2(N)CCC2)CC1. The number of piperazine rings is 1. The molecule has 1 aliphatic carbocycles. The summed E-state index contributed by atoms with van der Waals surface area (Å²) < 4.78 is 0. The van der Waals surface area contributed by atoms with E-state index >= 15 is 0 Å². The standard InChI is InChI=1S/C14H29N3/c1-13(2)12-17-10-8-16(9-11-17)7-6-14(15)4-3-5-14/h13H,3-12,15H2,1-2H3. The summed E-state index contributed by atoms with van der Waals surface area (Å²) in [4.78, 5) is 5.20. The number of nitrogens with two attached hydrogens (primary N) is 1. The topological polar surface area (TPSA) is 32.5 Å². The first kappa shape index (κ1) is 13.3. The fourth-order valence-corrected chi connectivity index (χ4v) is 2.97. The van der Waals surface area contributed by atoms with Crippen molar-refractivity contribution in [3.8, 4) is 0 Å². The first-order valence-electron chi connectivity index (χ1n) is 7.31. The lowest BCUT2D eigenvalue weighted by atomic mass is 9.75. The molecular weight excluding hydrogens is 210 g/mol. The van der Waals surface area contributed by atoms with E-state index in [0.29, 0.717) is 0 Å². The minimum atomic E-state index is 0.203. The predicted octanol–water partition coefficient (Wildman–Crippen LogP) is 1.53. The van der Waals surface area contributed by atoms with Crippen molar-refractivity contribution in [2.24, 2.45) is 11.7 Å². The van der Waals surface area contributed by atoms with Crippen LogP contribution in [0.2, 0.25) is 0 Å². The molecule has 0 aromatic rings. The lowest BCUT2D eigenvalue weighted by Crippen LogP contribution is -2.52. The molecule has 1 aliphatic heterocycles. The molecule has 0 amide bonds. The highest BCUT2D eigenvalue weighted by Crippen LogP contribution is 2.32. The molecule has 2 aliphatic rings. The lowest BCUT2D eigenvalue weighted by Gasteiger charge is -2.41. The van der Waals surface area contributed by atoms with Crippen molar-refractivity contribution in [1.82, 2.24) is 9.80 Å². The van der Waals surface area contributed by atoms with Gasteiger partial charge in [-0.1, -0.05) is 13.8 Å².